The third-order valence-corrected chi connectivity index (χ3v) is 4.37. The van der Waals surface area contributed by atoms with E-state index in [9.17, 15) is 4.79 Å². The summed E-state index contributed by atoms with van der Waals surface area (Å²) in [6.07, 6.45) is 1.46. The van der Waals surface area contributed by atoms with E-state index in [4.69, 9.17) is 9.15 Å². The van der Waals surface area contributed by atoms with Gasteiger partial charge >= 0.3 is 0 Å². The summed E-state index contributed by atoms with van der Waals surface area (Å²) in [5.74, 6) is 1.63. The van der Waals surface area contributed by atoms with E-state index < -0.39 is 0 Å². The molecule has 0 bridgehead atoms. The molecule has 6 heteroatoms. The molecule has 0 aliphatic carbocycles. The van der Waals surface area contributed by atoms with E-state index in [-0.39, 0.29) is 12.5 Å². The molecule has 3 rings (SSSR count). The van der Waals surface area contributed by atoms with Gasteiger partial charge in [-0.05, 0) is 55.3 Å². The van der Waals surface area contributed by atoms with Crippen molar-refractivity contribution >= 4 is 28.1 Å². The number of halogens is 1. The Morgan fingerprint density at radius 3 is 2.70 bits per heavy atom. The quantitative estimate of drug-likeness (QED) is 0.452. The minimum atomic E-state index is -0.341. The predicted molar refractivity (Wildman–Crippen MR) is 109 cm³/mol. The first-order valence-corrected chi connectivity index (χ1v) is 9.18. The van der Waals surface area contributed by atoms with E-state index in [0.717, 1.165) is 26.9 Å². The van der Waals surface area contributed by atoms with Crippen LogP contribution in [-0.2, 0) is 4.79 Å². The second-order valence-electron chi connectivity index (χ2n) is 6.06. The molecule has 1 aromatic heterocycles. The Morgan fingerprint density at radius 1 is 1.15 bits per heavy atom. The first kappa shape index (κ1) is 18.9. The fraction of sp³-hybridized carbons (Fsp3) is 0.143. The van der Waals surface area contributed by atoms with Crippen molar-refractivity contribution in [3.63, 3.8) is 0 Å². The first-order valence-electron chi connectivity index (χ1n) is 8.39. The van der Waals surface area contributed by atoms with E-state index in [0.29, 0.717) is 11.5 Å². The number of benzene rings is 2. The Morgan fingerprint density at radius 2 is 1.93 bits per heavy atom. The lowest BCUT2D eigenvalue weighted by Crippen LogP contribution is -2.24. The van der Waals surface area contributed by atoms with Crippen molar-refractivity contribution in [1.82, 2.24) is 5.43 Å². The number of amides is 1. The van der Waals surface area contributed by atoms with Crippen LogP contribution in [0.15, 0.2) is 68.6 Å². The minimum absolute atomic E-state index is 0.107. The number of nitrogens with zero attached hydrogens (tertiary/aromatic N) is 1. The summed E-state index contributed by atoms with van der Waals surface area (Å²) in [5.41, 5.74) is 5.45. The van der Waals surface area contributed by atoms with Gasteiger partial charge in [0.05, 0.1) is 6.21 Å². The van der Waals surface area contributed by atoms with Crippen LogP contribution >= 0.6 is 15.9 Å². The molecule has 0 radical (unpaired) electrons. The van der Waals surface area contributed by atoms with Crippen molar-refractivity contribution < 1.29 is 13.9 Å². The standard InChI is InChI=1S/C21H19BrN2O3/c1-14-3-4-15(2)20(11-14)26-13-21(25)24-23-12-18-9-10-19(27-18)16-5-7-17(22)8-6-16/h3-12H,13H2,1-2H3,(H,24,25)/b23-12+. The van der Waals surface area contributed by atoms with Gasteiger partial charge in [-0.2, -0.15) is 5.10 Å². The third kappa shape index (κ3) is 5.31. The lowest BCUT2D eigenvalue weighted by molar-refractivity contribution is -0.123. The summed E-state index contributed by atoms with van der Waals surface area (Å²) >= 11 is 3.40. The minimum Gasteiger partial charge on any atom is -0.483 e. The lowest BCUT2D eigenvalue weighted by Gasteiger charge is -2.08. The Labute approximate surface area is 166 Å². The van der Waals surface area contributed by atoms with Crippen LogP contribution in [0.3, 0.4) is 0 Å². The summed E-state index contributed by atoms with van der Waals surface area (Å²) in [7, 11) is 0. The summed E-state index contributed by atoms with van der Waals surface area (Å²) in [5, 5.41) is 3.91. The van der Waals surface area contributed by atoms with E-state index in [1.807, 2.05) is 62.4 Å². The SMILES string of the molecule is Cc1ccc(C)c(OCC(=O)N/N=C/c2ccc(-c3ccc(Br)cc3)o2)c1. The molecular formula is C21H19BrN2O3. The zero-order valence-electron chi connectivity index (χ0n) is 15.0. The smallest absolute Gasteiger partial charge is 0.277 e. The van der Waals surface area contributed by atoms with Gasteiger partial charge in [0.1, 0.15) is 17.3 Å². The van der Waals surface area contributed by atoms with E-state index in [1.54, 1.807) is 6.07 Å². The zero-order valence-corrected chi connectivity index (χ0v) is 16.6. The molecule has 3 aromatic rings. The maximum absolute atomic E-state index is 11.9. The third-order valence-electron chi connectivity index (χ3n) is 3.84. The largest absolute Gasteiger partial charge is 0.483 e. The number of rotatable bonds is 6. The van der Waals surface area contributed by atoms with Gasteiger partial charge in [0.2, 0.25) is 0 Å². The van der Waals surface area contributed by atoms with Crippen LogP contribution in [0.25, 0.3) is 11.3 Å². The van der Waals surface area contributed by atoms with Crippen LogP contribution in [0.5, 0.6) is 5.75 Å². The summed E-state index contributed by atoms with van der Waals surface area (Å²) < 4.78 is 12.2. The molecule has 27 heavy (non-hydrogen) atoms. The monoisotopic (exact) mass is 426 g/mol. The molecule has 0 aliphatic rings. The van der Waals surface area contributed by atoms with Gasteiger partial charge in [0, 0.05) is 10.0 Å². The first-order chi connectivity index (χ1) is 13.0. The molecule has 5 nitrogen and oxygen atoms in total. The van der Waals surface area contributed by atoms with E-state index in [1.165, 1.54) is 6.21 Å². The zero-order chi connectivity index (χ0) is 19.2. The van der Waals surface area contributed by atoms with Crippen molar-refractivity contribution in [2.24, 2.45) is 5.10 Å². The number of carbonyl (C=O) groups is 1. The number of carbonyl (C=O) groups excluding carboxylic acids is 1. The Kier molecular flexibility index (Phi) is 6.08. The van der Waals surface area contributed by atoms with Crippen molar-refractivity contribution in [3.05, 3.63) is 76.0 Å². The van der Waals surface area contributed by atoms with E-state index >= 15 is 0 Å². The number of nitrogens with one attached hydrogen (secondary N) is 1. The molecule has 0 fully saturated rings. The molecule has 0 atom stereocenters. The molecule has 0 unspecified atom stereocenters. The van der Waals surface area contributed by atoms with Crippen LogP contribution in [0, 0.1) is 13.8 Å². The molecule has 0 saturated heterocycles. The highest BCUT2D eigenvalue weighted by atomic mass is 79.9. The number of hydrogen-bond donors (Lipinski definition) is 1. The van der Waals surface area contributed by atoms with Gasteiger partial charge in [-0.25, -0.2) is 5.43 Å². The normalized spacial score (nSPS) is 10.9. The van der Waals surface area contributed by atoms with Crippen molar-refractivity contribution in [2.45, 2.75) is 13.8 Å². The van der Waals surface area contributed by atoms with Crippen LogP contribution in [0.4, 0.5) is 0 Å². The van der Waals surface area contributed by atoms with Gasteiger partial charge in [-0.1, -0.05) is 40.2 Å². The highest BCUT2D eigenvalue weighted by Crippen LogP contribution is 2.23. The van der Waals surface area contributed by atoms with Crippen LogP contribution < -0.4 is 10.2 Å². The van der Waals surface area contributed by atoms with Gasteiger partial charge in [0.15, 0.2) is 6.61 Å². The lowest BCUT2D eigenvalue weighted by atomic mass is 10.1. The van der Waals surface area contributed by atoms with Crippen molar-refractivity contribution in [1.29, 1.82) is 0 Å². The van der Waals surface area contributed by atoms with Crippen LogP contribution in [-0.4, -0.2) is 18.7 Å². The predicted octanol–water partition coefficient (Wildman–Crippen LogP) is 4.86. The summed E-state index contributed by atoms with van der Waals surface area (Å²) in [4.78, 5) is 11.9. The fourth-order valence-electron chi connectivity index (χ4n) is 2.40. The molecule has 1 N–H and O–H groups in total. The fourth-order valence-corrected chi connectivity index (χ4v) is 2.66. The van der Waals surface area contributed by atoms with Crippen LogP contribution in [0.1, 0.15) is 16.9 Å². The maximum Gasteiger partial charge on any atom is 0.277 e. The molecule has 0 saturated carbocycles. The van der Waals surface area contributed by atoms with Crippen molar-refractivity contribution in [3.8, 4) is 17.1 Å². The van der Waals surface area contributed by atoms with Gasteiger partial charge < -0.3 is 9.15 Å². The molecule has 1 heterocycles. The number of hydrazone groups is 1. The molecule has 2 aromatic carbocycles. The summed E-state index contributed by atoms with van der Waals surface area (Å²) in [6.45, 7) is 3.80. The van der Waals surface area contributed by atoms with Gasteiger partial charge in [-0.3, -0.25) is 4.79 Å². The molecule has 138 valence electrons. The van der Waals surface area contributed by atoms with Gasteiger partial charge in [0.25, 0.3) is 5.91 Å². The number of ether oxygens (including phenoxy) is 1. The number of aryl methyl sites for hydroxylation is 2. The highest BCUT2D eigenvalue weighted by Gasteiger charge is 2.06. The average Bonchev–Trinajstić information content (AvgIpc) is 3.12. The molecule has 0 spiro atoms. The topological polar surface area (TPSA) is 63.8 Å². The molecular weight excluding hydrogens is 408 g/mol. The Bertz CT molecular complexity index is 962. The Hall–Kier alpha value is -2.86. The number of furan rings is 1. The van der Waals surface area contributed by atoms with E-state index in [2.05, 4.69) is 26.5 Å². The Balaban J connectivity index is 1.52. The maximum atomic E-state index is 11.9. The molecule has 0 aliphatic heterocycles. The second-order valence-corrected chi connectivity index (χ2v) is 6.98. The van der Waals surface area contributed by atoms with Crippen molar-refractivity contribution in [2.75, 3.05) is 6.61 Å². The highest BCUT2D eigenvalue weighted by molar-refractivity contribution is 9.10. The summed E-state index contributed by atoms with van der Waals surface area (Å²) in [6, 6.07) is 17.3. The second kappa shape index (κ2) is 8.68. The number of hydrogen-bond acceptors (Lipinski definition) is 4. The van der Waals surface area contributed by atoms with Crippen LogP contribution in [0.2, 0.25) is 0 Å². The average molecular weight is 427 g/mol. The van der Waals surface area contributed by atoms with Gasteiger partial charge in [-0.15, -0.1) is 0 Å². The molecule has 1 amide bonds.